The molecule has 0 aliphatic heterocycles. The Kier molecular flexibility index (Phi) is 3.20. The summed E-state index contributed by atoms with van der Waals surface area (Å²) in [6.45, 7) is 1.69. The molecule has 0 fully saturated rings. The van der Waals surface area contributed by atoms with E-state index in [1.807, 2.05) is 0 Å². The van der Waals surface area contributed by atoms with Crippen LogP contribution in [0.2, 0.25) is 0 Å². The number of hydrogen-bond donors (Lipinski definition) is 0. The quantitative estimate of drug-likeness (QED) is 0.735. The first kappa shape index (κ1) is 10.4. The van der Waals surface area contributed by atoms with Gasteiger partial charge >= 0.3 is 0 Å². The highest BCUT2D eigenvalue weighted by Gasteiger charge is 2.17. The van der Waals surface area contributed by atoms with Crippen molar-refractivity contribution < 1.29 is 4.79 Å². The fourth-order valence-electron chi connectivity index (χ4n) is 2.43. The predicted octanol–water partition coefficient (Wildman–Crippen LogP) is 3.16. The highest BCUT2D eigenvalue weighted by Crippen LogP contribution is 2.28. The van der Waals surface area contributed by atoms with Crippen molar-refractivity contribution in [3.05, 3.63) is 35.4 Å². The van der Waals surface area contributed by atoms with Gasteiger partial charge in [0.1, 0.15) is 5.78 Å². The average molecular weight is 202 g/mol. The molecule has 0 amide bonds. The van der Waals surface area contributed by atoms with Gasteiger partial charge in [0.05, 0.1) is 0 Å². The van der Waals surface area contributed by atoms with Gasteiger partial charge in [0.25, 0.3) is 0 Å². The van der Waals surface area contributed by atoms with Crippen molar-refractivity contribution >= 4 is 5.78 Å². The standard InChI is InChI=1S/C14H18O/c1-11(15)6-7-12-8-9-13-4-2-3-5-14(13)10-12/h2-5,12H,6-10H2,1H3. The molecule has 15 heavy (non-hydrogen) atoms. The highest BCUT2D eigenvalue weighted by atomic mass is 16.1. The predicted molar refractivity (Wildman–Crippen MR) is 61.9 cm³/mol. The number of carbonyl (C=O) groups excluding carboxylic acids is 1. The monoisotopic (exact) mass is 202 g/mol. The van der Waals surface area contributed by atoms with E-state index in [-0.39, 0.29) is 0 Å². The van der Waals surface area contributed by atoms with Gasteiger partial charge in [-0.05, 0) is 49.7 Å². The molecule has 1 aromatic carbocycles. The Morgan fingerprint density at radius 2 is 2.07 bits per heavy atom. The topological polar surface area (TPSA) is 17.1 Å². The Balaban J connectivity index is 1.96. The van der Waals surface area contributed by atoms with Crippen LogP contribution in [0, 0.1) is 5.92 Å². The van der Waals surface area contributed by atoms with Crippen LogP contribution < -0.4 is 0 Å². The molecule has 0 spiro atoms. The number of fused-ring (bicyclic) bond motifs is 1. The minimum atomic E-state index is 0.328. The molecule has 0 bridgehead atoms. The van der Waals surface area contributed by atoms with Crippen LogP contribution in [0.15, 0.2) is 24.3 Å². The van der Waals surface area contributed by atoms with Crippen molar-refractivity contribution in [1.29, 1.82) is 0 Å². The van der Waals surface area contributed by atoms with Crippen LogP contribution in [0.1, 0.15) is 37.3 Å². The Bertz CT molecular complexity index is 354. The van der Waals surface area contributed by atoms with Crippen LogP contribution in [0.3, 0.4) is 0 Å². The molecule has 1 heteroatoms. The molecule has 80 valence electrons. The zero-order valence-electron chi connectivity index (χ0n) is 9.33. The lowest BCUT2D eigenvalue weighted by atomic mass is 9.81. The maximum absolute atomic E-state index is 10.9. The first-order valence-corrected chi connectivity index (χ1v) is 5.82. The maximum atomic E-state index is 10.9. The summed E-state index contributed by atoms with van der Waals surface area (Å²) in [6.07, 6.45) is 5.45. The van der Waals surface area contributed by atoms with E-state index >= 15 is 0 Å². The van der Waals surface area contributed by atoms with Gasteiger partial charge in [-0.1, -0.05) is 24.3 Å². The zero-order valence-corrected chi connectivity index (χ0v) is 9.33. The second-order valence-corrected chi connectivity index (χ2v) is 4.62. The molecular formula is C14H18O. The Morgan fingerprint density at radius 1 is 1.33 bits per heavy atom. The molecule has 0 saturated heterocycles. The molecule has 0 saturated carbocycles. The second kappa shape index (κ2) is 4.61. The van der Waals surface area contributed by atoms with Crippen molar-refractivity contribution in [1.82, 2.24) is 0 Å². The van der Waals surface area contributed by atoms with Gasteiger partial charge in [-0.3, -0.25) is 0 Å². The fraction of sp³-hybridized carbons (Fsp3) is 0.500. The zero-order chi connectivity index (χ0) is 10.7. The number of carbonyl (C=O) groups is 1. The van der Waals surface area contributed by atoms with E-state index in [1.54, 1.807) is 6.92 Å². The third-order valence-electron chi connectivity index (χ3n) is 3.35. The molecule has 1 aromatic rings. The Hall–Kier alpha value is -1.11. The van der Waals surface area contributed by atoms with E-state index in [1.165, 1.54) is 30.4 Å². The largest absolute Gasteiger partial charge is 0.300 e. The minimum Gasteiger partial charge on any atom is -0.300 e. The van der Waals surface area contributed by atoms with Gasteiger partial charge in [-0.25, -0.2) is 0 Å². The van der Waals surface area contributed by atoms with Gasteiger partial charge in [0.2, 0.25) is 0 Å². The van der Waals surface area contributed by atoms with Gasteiger partial charge in [0.15, 0.2) is 0 Å². The van der Waals surface area contributed by atoms with Crippen molar-refractivity contribution in [2.45, 2.75) is 39.0 Å². The summed E-state index contributed by atoms with van der Waals surface area (Å²) in [7, 11) is 0. The van der Waals surface area contributed by atoms with Crippen LogP contribution in [0.5, 0.6) is 0 Å². The molecule has 1 aliphatic rings. The third-order valence-corrected chi connectivity index (χ3v) is 3.35. The lowest BCUT2D eigenvalue weighted by Gasteiger charge is -2.24. The Morgan fingerprint density at radius 3 is 2.80 bits per heavy atom. The molecule has 2 rings (SSSR count). The number of ketones is 1. The second-order valence-electron chi connectivity index (χ2n) is 4.62. The van der Waals surface area contributed by atoms with E-state index in [2.05, 4.69) is 24.3 Å². The maximum Gasteiger partial charge on any atom is 0.129 e. The average Bonchev–Trinajstić information content (AvgIpc) is 2.26. The summed E-state index contributed by atoms with van der Waals surface area (Å²) >= 11 is 0. The van der Waals surface area contributed by atoms with E-state index < -0.39 is 0 Å². The number of benzene rings is 1. The third kappa shape index (κ3) is 2.68. The highest BCUT2D eigenvalue weighted by molar-refractivity contribution is 5.75. The van der Waals surface area contributed by atoms with Gasteiger partial charge in [-0.15, -0.1) is 0 Å². The summed E-state index contributed by atoms with van der Waals surface area (Å²) in [5.74, 6) is 1.05. The Labute approximate surface area is 91.5 Å². The van der Waals surface area contributed by atoms with Crippen molar-refractivity contribution in [3.8, 4) is 0 Å². The summed E-state index contributed by atoms with van der Waals surface area (Å²) in [5, 5.41) is 0. The fourth-order valence-corrected chi connectivity index (χ4v) is 2.43. The molecule has 0 N–H and O–H groups in total. The van der Waals surface area contributed by atoms with Crippen LogP contribution in [-0.2, 0) is 17.6 Å². The molecule has 0 heterocycles. The number of rotatable bonds is 3. The summed E-state index contributed by atoms with van der Waals surface area (Å²) in [6, 6.07) is 8.70. The van der Waals surface area contributed by atoms with Crippen molar-refractivity contribution in [3.63, 3.8) is 0 Å². The molecule has 0 radical (unpaired) electrons. The van der Waals surface area contributed by atoms with E-state index in [9.17, 15) is 4.79 Å². The van der Waals surface area contributed by atoms with Crippen LogP contribution in [0.4, 0.5) is 0 Å². The smallest absolute Gasteiger partial charge is 0.129 e. The van der Waals surface area contributed by atoms with Crippen LogP contribution in [0.25, 0.3) is 0 Å². The molecule has 1 aliphatic carbocycles. The minimum absolute atomic E-state index is 0.328. The van der Waals surface area contributed by atoms with E-state index in [0.29, 0.717) is 5.78 Å². The molecule has 1 nitrogen and oxygen atoms in total. The number of Topliss-reactive ketones (excluding diaryl/α,β-unsaturated/α-hetero) is 1. The van der Waals surface area contributed by atoms with Gasteiger partial charge in [0, 0.05) is 6.42 Å². The summed E-state index contributed by atoms with van der Waals surface area (Å²) < 4.78 is 0. The molecule has 1 atom stereocenters. The first-order valence-electron chi connectivity index (χ1n) is 5.82. The summed E-state index contributed by atoms with van der Waals surface area (Å²) in [5.41, 5.74) is 3.01. The molecular weight excluding hydrogens is 184 g/mol. The van der Waals surface area contributed by atoms with Crippen molar-refractivity contribution in [2.24, 2.45) is 5.92 Å². The normalized spacial score (nSPS) is 19.7. The van der Waals surface area contributed by atoms with Gasteiger partial charge in [-0.2, -0.15) is 0 Å². The number of aryl methyl sites for hydroxylation is 1. The van der Waals surface area contributed by atoms with Gasteiger partial charge < -0.3 is 4.79 Å². The summed E-state index contributed by atoms with van der Waals surface area (Å²) in [4.78, 5) is 10.9. The van der Waals surface area contributed by atoms with Crippen LogP contribution in [-0.4, -0.2) is 5.78 Å². The molecule has 0 aromatic heterocycles. The van der Waals surface area contributed by atoms with E-state index in [0.717, 1.165) is 18.8 Å². The lowest BCUT2D eigenvalue weighted by Crippen LogP contribution is -2.14. The molecule has 1 unspecified atom stereocenters. The van der Waals surface area contributed by atoms with Crippen molar-refractivity contribution in [2.75, 3.05) is 0 Å². The van der Waals surface area contributed by atoms with Crippen LogP contribution >= 0.6 is 0 Å². The number of hydrogen-bond acceptors (Lipinski definition) is 1. The SMILES string of the molecule is CC(=O)CCC1CCc2ccccc2C1. The van der Waals surface area contributed by atoms with E-state index in [4.69, 9.17) is 0 Å². The lowest BCUT2D eigenvalue weighted by molar-refractivity contribution is -0.117. The first-order chi connectivity index (χ1) is 7.25.